The first kappa shape index (κ1) is 15.2. The van der Waals surface area contributed by atoms with Crippen LogP contribution in [0.3, 0.4) is 0 Å². The molecule has 1 aromatic rings. The highest BCUT2D eigenvalue weighted by Crippen LogP contribution is 2.26. The van der Waals surface area contributed by atoms with Gasteiger partial charge in [0.25, 0.3) is 0 Å². The largest absolute Gasteiger partial charge is 0.383 e. The number of nitrogen functional groups attached to an aromatic ring is 1. The molecule has 1 amide bonds. The van der Waals surface area contributed by atoms with Gasteiger partial charge in [-0.05, 0) is 20.8 Å². The molecular formula is C13H23N5O. The van der Waals surface area contributed by atoms with Crippen LogP contribution < -0.4 is 16.8 Å². The number of anilines is 2. The van der Waals surface area contributed by atoms with Crippen molar-refractivity contribution < 1.29 is 4.79 Å². The SMILES string of the molecule is Cc1c(N)nc(C(C)(C)C)nc1NC(C)(C)C(N)=O. The lowest BCUT2D eigenvalue weighted by atomic mass is 9.95. The minimum atomic E-state index is -0.902. The van der Waals surface area contributed by atoms with Gasteiger partial charge in [-0.25, -0.2) is 9.97 Å². The van der Waals surface area contributed by atoms with Crippen molar-refractivity contribution in [1.82, 2.24) is 9.97 Å². The summed E-state index contributed by atoms with van der Waals surface area (Å²) in [7, 11) is 0. The second kappa shape index (κ2) is 4.68. The number of hydrogen-bond acceptors (Lipinski definition) is 5. The van der Waals surface area contributed by atoms with Gasteiger partial charge in [0.15, 0.2) is 0 Å². The van der Waals surface area contributed by atoms with E-state index in [0.717, 1.165) is 0 Å². The molecule has 0 unspecified atom stereocenters. The van der Waals surface area contributed by atoms with E-state index < -0.39 is 11.4 Å². The molecule has 0 fully saturated rings. The van der Waals surface area contributed by atoms with Crippen LogP contribution in [0.15, 0.2) is 0 Å². The van der Waals surface area contributed by atoms with Gasteiger partial charge in [0.2, 0.25) is 5.91 Å². The molecular weight excluding hydrogens is 242 g/mol. The normalized spacial score (nSPS) is 12.3. The third-order valence-electron chi connectivity index (χ3n) is 2.90. The van der Waals surface area contributed by atoms with Gasteiger partial charge in [-0.15, -0.1) is 0 Å². The number of primary amides is 1. The van der Waals surface area contributed by atoms with Crippen molar-refractivity contribution in [2.75, 3.05) is 11.1 Å². The summed E-state index contributed by atoms with van der Waals surface area (Å²) in [4.78, 5) is 20.1. The Hall–Kier alpha value is -1.85. The highest BCUT2D eigenvalue weighted by molar-refractivity contribution is 5.87. The quantitative estimate of drug-likeness (QED) is 0.764. The second-order valence-electron chi connectivity index (χ2n) is 6.27. The third-order valence-corrected chi connectivity index (χ3v) is 2.90. The van der Waals surface area contributed by atoms with E-state index in [1.807, 2.05) is 20.8 Å². The summed E-state index contributed by atoms with van der Waals surface area (Å²) in [5, 5.41) is 3.03. The number of nitrogens with one attached hydrogen (secondary N) is 1. The fraction of sp³-hybridized carbons (Fsp3) is 0.615. The summed E-state index contributed by atoms with van der Waals surface area (Å²) in [6.07, 6.45) is 0. The summed E-state index contributed by atoms with van der Waals surface area (Å²) in [5.74, 6) is 1.11. The highest BCUT2D eigenvalue weighted by atomic mass is 16.1. The Kier molecular flexibility index (Phi) is 3.74. The maximum Gasteiger partial charge on any atom is 0.242 e. The van der Waals surface area contributed by atoms with Gasteiger partial charge in [0.05, 0.1) is 0 Å². The molecule has 1 heterocycles. The Morgan fingerprint density at radius 2 is 1.68 bits per heavy atom. The minimum absolute atomic E-state index is 0.227. The van der Waals surface area contributed by atoms with Crippen LogP contribution in [0.5, 0.6) is 0 Å². The van der Waals surface area contributed by atoms with E-state index in [1.54, 1.807) is 20.8 Å². The van der Waals surface area contributed by atoms with Gasteiger partial charge in [-0.1, -0.05) is 20.8 Å². The second-order valence-corrected chi connectivity index (χ2v) is 6.27. The van der Waals surface area contributed by atoms with Gasteiger partial charge in [-0.2, -0.15) is 0 Å². The van der Waals surface area contributed by atoms with E-state index >= 15 is 0 Å². The van der Waals surface area contributed by atoms with Crippen LogP contribution in [-0.4, -0.2) is 21.4 Å². The molecule has 1 aromatic heterocycles. The Labute approximate surface area is 114 Å². The molecule has 6 heteroatoms. The lowest BCUT2D eigenvalue weighted by molar-refractivity contribution is -0.121. The summed E-state index contributed by atoms with van der Waals surface area (Å²) in [5.41, 5.74) is 10.8. The predicted molar refractivity (Wildman–Crippen MR) is 76.8 cm³/mol. The van der Waals surface area contributed by atoms with E-state index in [1.165, 1.54) is 0 Å². The molecule has 0 saturated heterocycles. The molecule has 6 nitrogen and oxygen atoms in total. The number of aromatic nitrogens is 2. The zero-order valence-electron chi connectivity index (χ0n) is 12.5. The van der Waals surface area contributed by atoms with Gasteiger partial charge in [0.1, 0.15) is 23.0 Å². The van der Waals surface area contributed by atoms with Crippen molar-refractivity contribution in [1.29, 1.82) is 0 Å². The number of amides is 1. The van der Waals surface area contributed by atoms with Crippen molar-refractivity contribution in [3.05, 3.63) is 11.4 Å². The molecule has 0 saturated carbocycles. The summed E-state index contributed by atoms with van der Waals surface area (Å²) < 4.78 is 0. The van der Waals surface area contributed by atoms with Crippen LogP contribution >= 0.6 is 0 Å². The number of carbonyl (C=O) groups is 1. The molecule has 0 spiro atoms. The predicted octanol–water partition coefficient (Wildman–Crippen LogP) is 1.34. The zero-order valence-corrected chi connectivity index (χ0v) is 12.5. The third kappa shape index (κ3) is 3.33. The number of rotatable bonds is 3. The first-order chi connectivity index (χ1) is 8.45. The van der Waals surface area contributed by atoms with E-state index in [2.05, 4.69) is 15.3 Å². The van der Waals surface area contributed by atoms with E-state index in [-0.39, 0.29) is 5.41 Å². The van der Waals surface area contributed by atoms with Gasteiger partial charge < -0.3 is 16.8 Å². The smallest absolute Gasteiger partial charge is 0.242 e. The fourth-order valence-electron chi connectivity index (χ4n) is 1.35. The molecule has 0 aromatic carbocycles. The molecule has 0 radical (unpaired) electrons. The molecule has 0 atom stereocenters. The Morgan fingerprint density at radius 1 is 1.16 bits per heavy atom. The highest BCUT2D eigenvalue weighted by Gasteiger charge is 2.27. The lowest BCUT2D eigenvalue weighted by Crippen LogP contribution is -2.45. The summed E-state index contributed by atoms with van der Waals surface area (Å²) in [6.45, 7) is 11.2. The van der Waals surface area contributed by atoms with E-state index in [0.29, 0.717) is 23.0 Å². The monoisotopic (exact) mass is 265 g/mol. The minimum Gasteiger partial charge on any atom is -0.383 e. The van der Waals surface area contributed by atoms with Crippen LogP contribution in [0.25, 0.3) is 0 Å². The van der Waals surface area contributed by atoms with Crippen LogP contribution in [0.4, 0.5) is 11.6 Å². The van der Waals surface area contributed by atoms with Crippen molar-refractivity contribution in [3.63, 3.8) is 0 Å². The number of nitrogens with zero attached hydrogens (tertiary/aromatic N) is 2. The van der Waals surface area contributed by atoms with Crippen molar-refractivity contribution in [2.45, 2.75) is 52.5 Å². The summed E-state index contributed by atoms with van der Waals surface area (Å²) >= 11 is 0. The molecule has 0 aliphatic heterocycles. The maximum absolute atomic E-state index is 11.4. The topological polar surface area (TPSA) is 107 Å². The average Bonchev–Trinajstić information content (AvgIpc) is 2.22. The molecule has 1 rings (SSSR count). The van der Waals surface area contributed by atoms with Crippen molar-refractivity contribution in [3.8, 4) is 0 Å². The fourth-order valence-corrected chi connectivity index (χ4v) is 1.35. The van der Waals surface area contributed by atoms with E-state index in [9.17, 15) is 4.79 Å². The molecule has 0 bridgehead atoms. The van der Waals surface area contributed by atoms with Crippen LogP contribution in [0.1, 0.15) is 46.0 Å². The first-order valence-electron chi connectivity index (χ1n) is 6.18. The Balaban J connectivity index is 3.28. The number of carbonyl (C=O) groups excluding carboxylic acids is 1. The standard InChI is InChI=1S/C13H23N5O/c1-7-8(14)16-11(12(2,3)4)17-9(7)18-13(5,6)10(15)19/h1-6H3,(H2,15,19)(H3,14,16,17,18). The van der Waals surface area contributed by atoms with Crippen molar-refractivity contribution in [2.24, 2.45) is 5.73 Å². The number of hydrogen-bond donors (Lipinski definition) is 3. The van der Waals surface area contributed by atoms with Gasteiger partial charge in [0, 0.05) is 11.0 Å². The molecule has 5 N–H and O–H groups in total. The molecule has 106 valence electrons. The average molecular weight is 265 g/mol. The molecule has 19 heavy (non-hydrogen) atoms. The van der Waals surface area contributed by atoms with Gasteiger partial charge in [-0.3, -0.25) is 4.79 Å². The van der Waals surface area contributed by atoms with Crippen LogP contribution in [0, 0.1) is 6.92 Å². The first-order valence-corrected chi connectivity index (χ1v) is 6.18. The molecule has 0 aliphatic carbocycles. The maximum atomic E-state index is 11.4. The summed E-state index contributed by atoms with van der Waals surface area (Å²) in [6, 6.07) is 0. The Bertz CT molecular complexity index is 502. The van der Waals surface area contributed by atoms with Crippen molar-refractivity contribution >= 4 is 17.5 Å². The Morgan fingerprint density at radius 3 is 2.11 bits per heavy atom. The lowest BCUT2D eigenvalue weighted by Gasteiger charge is -2.26. The zero-order chi connectivity index (χ0) is 15.0. The number of nitrogens with two attached hydrogens (primary N) is 2. The van der Waals surface area contributed by atoms with E-state index in [4.69, 9.17) is 11.5 Å². The molecule has 0 aliphatic rings. The van der Waals surface area contributed by atoms with Crippen LogP contribution in [-0.2, 0) is 10.2 Å². The van der Waals surface area contributed by atoms with Crippen LogP contribution in [0.2, 0.25) is 0 Å². The van der Waals surface area contributed by atoms with Gasteiger partial charge >= 0.3 is 0 Å².